The van der Waals surface area contributed by atoms with Crippen molar-refractivity contribution in [3.63, 3.8) is 0 Å². The second kappa shape index (κ2) is 7.76. The van der Waals surface area contributed by atoms with Crippen molar-refractivity contribution >= 4 is 5.82 Å². The topological polar surface area (TPSA) is 31.4 Å². The largest absolute Gasteiger partial charge is 0.359 e. The summed E-state index contributed by atoms with van der Waals surface area (Å²) in [6.45, 7) is 8.79. The molecular weight excluding hydrogens is 260 g/mol. The smallest absolute Gasteiger partial charge is 0.128 e. The SMILES string of the molecule is CC(C)NCc1ccc(N(C)CC2CCN(C)CC2)nc1. The highest BCUT2D eigenvalue weighted by Crippen LogP contribution is 2.19. The zero-order chi connectivity index (χ0) is 15.2. The molecule has 0 unspecified atom stereocenters. The number of anilines is 1. The number of hydrogen-bond acceptors (Lipinski definition) is 4. The van der Waals surface area contributed by atoms with E-state index in [0.29, 0.717) is 6.04 Å². The van der Waals surface area contributed by atoms with Gasteiger partial charge in [-0.2, -0.15) is 0 Å². The fraction of sp³-hybridized carbons (Fsp3) is 0.706. The predicted octanol–water partition coefficient (Wildman–Crippen LogP) is 2.36. The lowest BCUT2D eigenvalue weighted by atomic mass is 9.97. The van der Waals surface area contributed by atoms with Gasteiger partial charge in [-0.05, 0) is 50.5 Å². The highest BCUT2D eigenvalue weighted by atomic mass is 15.2. The molecule has 1 aromatic rings. The van der Waals surface area contributed by atoms with Crippen LogP contribution in [-0.2, 0) is 6.54 Å². The van der Waals surface area contributed by atoms with E-state index in [0.717, 1.165) is 24.8 Å². The molecule has 118 valence electrons. The zero-order valence-corrected chi connectivity index (χ0v) is 14.0. The van der Waals surface area contributed by atoms with Gasteiger partial charge in [0.15, 0.2) is 0 Å². The summed E-state index contributed by atoms with van der Waals surface area (Å²) in [5, 5.41) is 3.42. The first-order chi connectivity index (χ1) is 10.0. The maximum atomic E-state index is 4.61. The Kier molecular flexibility index (Phi) is 6.00. The molecule has 0 amide bonds. The molecule has 0 aliphatic carbocycles. The summed E-state index contributed by atoms with van der Waals surface area (Å²) in [7, 11) is 4.37. The molecule has 4 nitrogen and oxygen atoms in total. The van der Waals surface area contributed by atoms with Crippen LogP contribution in [0.3, 0.4) is 0 Å². The van der Waals surface area contributed by atoms with Crippen LogP contribution in [0.5, 0.6) is 0 Å². The average Bonchev–Trinajstić information content (AvgIpc) is 2.48. The lowest BCUT2D eigenvalue weighted by Gasteiger charge is -2.32. The van der Waals surface area contributed by atoms with E-state index in [9.17, 15) is 0 Å². The molecule has 1 N–H and O–H groups in total. The molecular formula is C17H30N4. The first-order valence-corrected chi connectivity index (χ1v) is 8.12. The number of nitrogens with one attached hydrogen (secondary N) is 1. The summed E-state index contributed by atoms with van der Waals surface area (Å²) in [6.07, 6.45) is 4.60. The molecule has 1 aromatic heterocycles. The Bertz CT molecular complexity index is 407. The van der Waals surface area contributed by atoms with Crippen molar-refractivity contribution in [2.24, 2.45) is 5.92 Å². The third kappa shape index (κ3) is 5.29. The quantitative estimate of drug-likeness (QED) is 0.871. The maximum Gasteiger partial charge on any atom is 0.128 e. The molecule has 21 heavy (non-hydrogen) atoms. The maximum absolute atomic E-state index is 4.61. The number of aromatic nitrogens is 1. The summed E-state index contributed by atoms with van der Waals surface area (Å²) < 4.78 is 0. The minimum atomic E-state index is 0.511. The normalized spacial score (nSPS) is 17.4. The van der Waals surface area contributed by atoms with Crippen LogP contribution in [0.4, 0.5) is 5.82 Å². The number of hydrogen-bond donors (Lipinski definition) is 1. The van der Waals surface area contributed by atoms with Gasteiger partial charge in [-0.15, -0.1) is 0 Å². The van der Waals surface area contributed by atoms with Gasteiger partial charge >= 0.3 is 0 Å². The first-order valence-electron chi connectivity index (χ1n) is 8.12. The van der Waals surface area contributed by atoms with Gasteiger partial charge in [0, 0.05) is 32.4 Å². The van der Waals surface area contributed by atoms with Gasteiger partial charge in [-0.1, -0.05) is 19.9 Å². The second-order valence-corrected chi connectivity index (χ2v) is 6.69. The Morgan fingerprint density at radius 3 is 2.62 bits per heavy atom. The van der Waals surface area contributed by atoms with Crippen molar-refractivity contribution < 1.29 is 0 Å². The molecule has 1 fully saturated rings. The van der Waals surface area contributed by atoms with Crippen molar-refractivity contribution in [3.8, 4) is 0 Å². The van der Waals surface area contributed by atoms with Crippen LogP contribution < -0.4 is 10.2 Å². The number of nitrogens with zero attached hydrogens (tertiary/aromatic N) is 3. The molecule has 0 saturated carbocycles. The standard InChI is InChI=1S/C17H30N4/c1-14(2)18-11-16-5-6-17(19-12-16)21(4)13-15-7-9-20(3)10-8-15/h5-6,12,14-15,18H,7-11,13H2,1-4H3. The van der Waals surface area contributed by atoms with E-state index in [1.54, 1.807) is 0 Å². The molecule has 0 aromatic carbocycles. The third-order valence-electron chi connectivity index (χ3n) is 4.28. The Hall–Kier alpha value is -1.13. The van der Waals surface area contributed by atoms with Gasteiger partial charge in [0.1, 0.15) is 5.82 Å². The van der Waals surface area contributed by atoms with Crippen molar-refractivity contribution in [1.29, 1.82) is 0 Å². The third-order valence-corrected chi connectivity index (χ3v) is 4.28. The lowest BCUT2D eigenvalue weighted by Crippen LogP contribution is -2.36. The molecule has 1 aliphatic heterocycles. The van der Waals surface area contributed by atoms with E-state index in [2.05, 4.69) is 60.2 Å². The number of rotatable bonds is 6. The Morgan fingerprint density at radius 1 is 1.33 bits per heavy atom. The predicted molar refractivity (Wildman–Crippen MR) is 89.7 cm³/mol. The van der Waals surface area contributed by atoms with Crippen LogP contribution in [0.25, 0.3) is 0 Å². The van der Waals surface area contributed by atoms with E-state index in [4.69, 9.17) is 0 Å². The summed E-state index contributed by atoms with van der Waals surface area (Å²) in [4.78, 5) is 9.34. The number of piperidine rings is 1. The van der Waals surface area contributed by atoms with Gasteiger partial charge < -0.3 is 15.1 Å². The van der Waals surface area contributed by atoms with E-state index in [1.165, 1.54) is 31.5 Å². The molecule has 1 saturated heterocycles. The molecule has 0 atom stereocenters. The van der Waals surface area contributed by atoms with Gasteiger partial charge in [0.25, 0.3) is 0 Å². The monoisotopic (exact) mass is 290 g/mol. The minimum absolute atomic E-state index is 0.511. The summed E-state index contributed by atoms with van der Waals surface area (Å²) in [5.74, 6) is 1.89. The Labute approximate surface area is 129 Å². The summed E-state index contributed by atoms with van der Waals surface area (Å²) >= 11 is 0. The molecule has 4 heteroatoms. The van der Waals surface area contributed by atoms with Crippen LogP contribution in [0.2, 0.25) is 0 Å². The molecule has 2 rings (SSSR count). The Balaban J connectivity index is 1.83. The summed E-state index contributed by atoms with van der Waals surface area (Å²) in [5.41, 5.74) is 1.25. The van der Waals surface area contributed by atoms with Crippen LogP contribution in [-0.4, -0.2) is 49.7 Å². The average molecular weight is 290 g/mol. The highest BCUT2D eigenvalue weighted by Gasteiger charge is 2.18. The van der Waals surface area contributed by atoms with Gasteiger partial charge in [-0.3, -0.25) is 0 Å². The summed E-state index contributed by atoms with van der Waals surface area (Å²) in [6, 6.07) is 4.84. The number of pyridine rings is 1. The first kappa shape index (κ1) is 16.2. The van der Waals surface area contributed by atoms with Gasteiger partial charge in [0.2, 0.25) is 0 Å². The van der Waals surface area contributed by atoms with E-state index in [-0.39, 0.29) is 0 Å². The lowest BCUT2D eigenvalue weighted by molar-refractivity contribution is 0.222. The number of likely N-dealkylation sites (tertiary alicyclic amines) is 1. The van der Waals surface area contributed by atoms with E-state index < -0.39 is 0 Å². The fourth-order valence-corrected chi connectivity index (χ4v) is 2.79. The molecule has 1 aliphatic rings. The van der Waals surface area contributed by atoms with E-state index >= 15 is 0 Å². The molecule has 0 spiro atoms. The van der Waals surface area contributed by atoms with Crippen LogP contribution in [0, 0.1) is 5.92 Å². The fourth-order valence-electron chi connectivity index (χ4n) is 2.79. The minimum Gasteiger partial charge on any atom is -0.359 e. The van der Waals surface area contributed by atoms with Crippen molar-refractivity contribution in [3.05, 3.63) is 23.9 Å². The molecule has 0 radical (unpaired) electrons. The van der Waals surface area contributed by atoms with Crippen molar-refractivity contribution in [1.82, 2.24) is 15.2 Å². The van der Waals surface area contributed by atoms with Crippen LogP contribution in [0.1, 0.15) is 32.3 Å². The van der Waals surface area contributed by atoms with Crippen molar-refractivity contribution in [2.45, 2.75) is 39.3 Å². The van der Waals surface area contributed by atoms with E-state index in [1.807, 2.05) is 6.20 Å². The molecule has 0 bridgehead atoms. The van der Waals surface area contributed by atoms with Crippen molar-refractivity contribution in [2.75, 3.05) is 38.6 Å². The Morgan fingerprint density at radius 2 is 2.05 bits per heavy atom. The van der Waals surface area contributed by atoms with Crippen LogP contribution in [0.15, 0.2) is 18.3 Å². The molecule has 2 heterocycles. The second-order valence-electron chi connectivity index (χ2n) is 6.69. The van der Waals surface area contributed by atoms with Crippen LogP contribution >= 0.6 is 0 Å². The van der Waals surface area contributed by atoms with Gasteiger partial charge in [-0.25, -0.2) is 4.98 Å². The zero-order valence-electron chi connectivity index (χ0n) is 14.0. The highest BCUT2D eigenvalue weighted by molar-refractivity contribution is 5.38. The van der Waals surface area contributed by atoms with Gasteiger partial charge in [0.05, 0.1) is 0 Å².